The molecule has 0 fully saturated rings. The van der Waals surface area contributed by atoms with Crippen molar-refractivity contribution in [3.63, 3.8) is 0 Å². The number of nitrogens with two attached hydrogens (primary N) is 1. The van der Waals surface area contributed by atoms with E-state index >= 15 is 0 Å². The first kappa shape index (κ1) is 19.2. The number of benzene rings is 2. The van der Waals surface area contributed by atoms with Crippen LogP contribution in [0.15, 0.2) is 53.5 Å². The summed E-state index contributed by atoms with van der Waals surface area (Å²) in [6.45, 7) is 4.80. The number of fused-ring (bicyclic) bond motifs is 1. The Kier molecular flexibility index (Phi) is 7.11. The number of hydrogen-bond donors (Lipinski definition) is 2. The summed E-state index contributed by atoms with van der Waals surface area (Å²) in [7, 11) is 1.68. The van der Waals surface area contributed by atoms with Gasteiger partial charge in [0.15, 0.2) is 5.96 Å². The summed E-state index contributed by atoms with van der Waals surface area (Å²) in [5.74, 6) is 1.41. The Morgan fingerprint density at radius 2 is 1.93 bits per heavy atom. The van der Waals surface area contributed by atoms with Crippen LogP contribution in [0.1, 0.15) is 23.1 Å². The molecule has 2 aromatic rings. The summed E-state index contributed by atoms with van der Waals surface area (Å²) in [6, 6.07) is 16.9. The summed E-state index contributed by atoms with van der Waals surface area (Å²) >= 11 is 0. The van der Waals surface area contributed by atoms with E-state index in [4.69, 9.17) is 10.5 Å². The van der Waals surface area contributed by atoms with Gasteiger partial charge in [-0.3, -0.25) is 9.89 Å². The van der Waals surface area contributed by atoms with Gasteiger partial charge in [0.05, 0.1) is 7.11 Å². The molecule has 0 aliphatic carbocycles. The lowest BCUT2D eigenvalue weighted by Gasteiger charge is -2.28. The fourth-order valence-corrected chi connectivity index (χ4v) is 3.42. The predicted molar refractivity (Wildman–Crippen MR) is 111 cm³/mol. The summed E-state index contributed by atoms with van der Waals surface area (Å²) in [6.07, 6.45) is 3.09. The standard InChI is InChI=1S/C22H30N4O/c1-27-21-9-7-18(8-10-21)11-14-25-22(23)24-13-4-15-26-16-12-19-5-2-3-6-20(19)17-26/h2-3,5-10H,4,11-17H2,1H3,(H3,23,24,25). The zero-order chi connectivity index (χ0) is 18.9. The molecule has 27 heavy (non-hydrogen) atoms. The summed E-state index contributed by atoms with van der Waals surface area (Å²) < 4.78 is 5.17. The first-order valence-corrected chi connectivity index (χ1v) is 9.70. The minimum Gasteiger partial charge on any atom is -0.497 e. The normalized spacial score (nSPS) is 14.6. The molecule has 144 valence electrons. The molecule has 0 amide bonds. The van der Waals surface area contributed by atoms with Crippen molar-refractivity contribution in [1.29, 1.82) is 0 Å². The maximum atomic E-state index is 5.97. The molecule has 0 spiro atoms. The molecule has 3 N–H and O–H groups in total. The monoisotopic (exact) mass is 366 g/mol. The second-order valence-electron chi connectivity index (χ2n) is 6.94. The number of aliphatic imine (C=N–C) groups is 1. The molecule has 0 saturated heterocycles. The van der Waals surface area contributed by atoms with Crippen molar-refractivity contribution in [3.05, 3.63) is 65.2 Å². The molecule has 0 atom stereocenters. The van der Waals surface area contributed by atoms with Crippen molar-refractivity contribution in [2.75, 3.05) is 33.3 Å². The number of nitrogens with zero attached hydrogens (tertiary/aromatic N) is 2. The quantitative estimate of drug-likeness (QED) is 0.428. The van der Waals surface area contributed by atoms with Crippen LogP contribution in [0, 0.1) is 0 Å². The molecule has 1 aliphatic heterocycles. The molecule has 0 bridgehead atoms. The number of rotatable bonds is 8. The average molecular weight is 367 g/mol. The van der Waals surface area contributed by atoms with E-state index in [1.165, 1.54) is 16.7 Å². The first-order valence-electron chi connectivity index (χ1n) is 9.70. The molecule has 1 aliphatic rings. The molecule has 2 aromatic carbocycles. The smallest absolute Gasteiger partial charge is 0.188 e. The van der Waals surface area contributed by atoms with Crippen LogP contribution in [0.5, 0.6) is 5.75 Å². The number of ether oxygens (including phenoxy) is 1. The van der Waals surface area contributed by atoms with E-state index in [1.807, 2.05) is 12.1 Å². The van der Waals surface area contributed by atoms with E-state index < -0.39 is 0 Å². The minimum atomic E-state index is 0.535. The van der Waals surface area contributed by atoms with Gasteiger partial charge in [-0.2, -0.15) is 0 Å². The number of guanidine groups is 1. The molecular weight excluding hydrogens is 336 g/mol. The van der Waals surface area contributed by atoms with Gasteiger partial charge in [0.2, 0.25) is 0 Å². The van der Waals surface area contributed by atoms with E-state index in [9.17, 15) is 0 Å². The Bertz CT molecular complexity index is 742. The van der Waals surface area contributed by atoms with Crippen LogP contribution in [0.25, 0.3) is 0 Å². The second-order valence-corrected chi connectivity index (χ2v) is 6.94. The zero-order valence-electron chi connectivity index (χ0n) is 16.2. The third-order valence-corrected chi connectivity index (χ3v) is 5.00. The van der Waals surface area contributed by atoms with Gasteiger partial charge < -0.3 is 15.8 Å². The fourth-order valence-electron chi connectivity index (χ4n) is 3.42. The van der Waals surface area contributed by atoms with Crippen LogP contribution < -0.4 is 15.8 Å². The van der Waals surface area contributed by atoms with Gasteiger partial charge in [-0.25, -0.2) is 0 Å². The molecule has 0 saturated carbocycles. The predicted octanol–water partition coefficient (Wildman–Crippen LogP) is 2.59. The Labute approximate surface area is 162 Å². The highest BCUT2D eigenvalue weighted by molar-refractivity contribution is 5.77. The van der Waals surface area contributed by atoms with Crippen LogP contribution in [-0.4, -0.2) is 44.1 Å². The Morgan fingerprint density at radius 3 is 2.70 bits per heavy atom. The third kappa shape index (κ3) is 6.00. The van der Waals surface area contributed by atoms with E-state index in [1.54, 1.807) is 7.11 Å². The Hall–Kier alpha value is -2.53. The average Bonchev–Trinajstić information content (AvgIpc) is 2.71. The van der Waals surface area contributed by atoms with Crippen molar-refractivity contribution in [3.8, 4) is 5.75 Å². The van der Waals surface area contributed by atoms with Gasteiger partial charge in [0.25, 0.3) is 0 Å². The molecule has 1 heterocycles. The SMILES string of the molecule is COc1ccc(CCNC(N)=NCCCN2CCc3ccccc3C2)cc1. The van der Waals surface area contributed by atoms with E-state index in [0.29, 0.717) is 5.96 Å². The maximum absolute atomic E-state index is 5.97. The molecule has 0 radical (unpaired) electrons. The van der Waals surface area contributed by atoms with Crippen molar-refractivity contribution in [2.45, 2.75) is 25.8 Å². The highest BCUT2D eigenvalue weighted by Gasteiger charge is 2.14. The maximum Gasteiger partial charge on any atom is 0.188 e. The van der Waals surface area contributed by atoms with Crippen LogP contribution in [0.3, 0.4) is 0 Å². The largest absolute Gasteiger partial charge is 0.497 e. The highest BCUT2D eigenvalue weighted by Crippen LogP contribution is 2.18. The molecule has 5 nitrogen and oxygen atoms in total. The molecule has 3 rings (SSSR count). The van der Waals surface area contributed by atoms with Gasteiger partial charge in [-0.15, -0.1) is 0 Å². The Balaban J connectivity index is 1.31. The van der Waals surface area contributed by atoms with E-state index in [-0.39, 0.29) is 0 Å². The lowest BCUT2D eigenvalue weighted by molar-refractivity contribution is 0.252. The first-order chi connectivity index (χ1) is 13.2. The van der Waals surface area contributed by atoms with Gasteiger partial charge in [0.1, 0.15) is 5.75 Å². The number of nitrogens with one attached hydrogen (secondary N) is 1. The van der Waals surface area contributed by atoms with Crippen molar-refractivity contribution in [2.24, 2.45) is 10.7 Å². The highest BCUT2D eigenvalue weighted by atomic mass is 16.5. The topological polar surface area (TPSA) is 62.9 Å². The lowest BCUT2D eigenvalue weighted by atomic mass is 10.00. The molecule has 5 heteroatoms. The lowest BCUT2D eigenvalue weighted by Crippen LogP contribution is -2.34. The number of hydrogen-bond acceptors (Lipinski definition) is 3. The van der Waals surface area contributed by atoms with Gasteiger partial charge >= 0.3 is 0 Å². The summed E-state index contributed by atoms with van der Waals surface area (Å²) in [5, 5.41) is 3.19. The number of methoxy groups -OCH3 is 1. The van der Waals surface area contributed by atoms with Gasteiger partial charge in [0, 0.05) is 32.7 Å². The second kappa shape index (κ2) is 9.97. The van der Waals surface area contributed by atoms with Crippen LogP contribution in [-0.2, 0) is 19.4 Å². The van der Waals surface area contributed by atoms with Gasteiger partial charge in [-0.1, -0.05) is 36.4 Å². The van der Waals surface area contributed by atoms with Crippen molar-refractivity contribution < 1.29 is 4.74 Å². The van der Waals surface area contributed by atoms with Crippen LogP contribution in [0.2, 0.25) is 0 Å². The zero-order valence-corrected chi connectivity index (χ0v) is 16.2. The molecule has 0 aromatic heterocycles. The van der Waals surface area contributed by atoms with E-state index in [0.717, 1.165) is 57.7 Å². The Morgan fingerprint density at radius 1 is 1.15 bits per heavy atom. The third-order valence-electron chi connectivity index (χ3n) is 5.00. The molecule has 0 unspecified atom stereocenters. The van der Waals surface area contributed by atoms with Crippen LogP contribution in [0.4, 0.5) is 0 Å². The van der Waals surface area contributed by atoms with E-state index in [2.05, 4.69) is 51.6 Å². The van der Waals surface area contributed by atoms with Crippen molar-refractivity contribution >= 4 is 5.96 Å². The summed E-state index contributed by atoms with van der Waals surface area (Å²) in [5.41, 5.74) is 10.2. The summed E-state index contributed by atoms with van der Waals surface area (Å²) in [4.78, 5) is 6.95. The molecular formula is C22H30N4O. The van der Waals surface area contributed by atoms with Crippen molar-refractivity contribution in [1.82, 2.24) is 10.2 Å². The van der Waals surface area contributed by atoms with Crippen LogP contribution >= 0.6 is 0 Å². The fraction of sp³-hybridized carbons (Fsp3) is 0.409. The minimum absolute atomic E-state index is 0.535. The van der Waals surface area contributed by atoms with Gasteiger partial charge in [-0.05, 0) is 48.1 Å².